The van der Waals surface area contributed by atoms with E-state index >= 15 is 0 Å². The molecule has 0 radical (unpaired) electrons. The molecule has 1 heterocycles. The number of halogens is 1. The lowest BCUT2D eigenvalue weighted by Crippen LogP contribution is -2.16. The van der Waals surface area contributed by atoms with Gasteiger partial charge in [0.25, 0.3) is 10.0 Å². The van der Waals surface area contributed by atoms with Crippen LogP contribution in [0.5, 0.6) is 0 Å². The average Bonchev–Trinajstić information content (AvgIpc) is 2.88. The fourth-order valence-corrected chi connectivity index (χ4v) is 2.76. The number of hydrogen-bond donors (Lipinski definition) is 3. The number of aromatic nitrogens is 2. The number of H-pyrrole nitrogens is 1. The molecule has 0 fully saturated rings. The lowest BCUT2D eigenvalue weighted by molar-refractivity contribution is 0.597. The first-order chi connectivity index (χ1) is 9.47. The topological polar surface area (TPSA) is 101 Å². The van der Waals surface area contributed by atoms with Gasteiger partial charge in [0, 0.05) is 18.5 Å². The Hall–Kier alpha value is -1.93. The molecule has 0 aliphatic heterocycles. The number of nitrogens with two attached hydrogens (primary N) is 1. The van der Waals surface area contributed by atoms with Crippen molar-refractivity contribution < 1.29 is 12.8 Å². The van der Waals surface area contributed by atoms with E-state index in [1.807, 2.05) is 6.92 Å². The number of nitrogens with one attached hydrogen (secondary N) is 2. The van der Waals surface area contributed by atoms with Crippen LogP contribution in [0.4, 0.5) is 10.1 Å². The van der Waals surface area contributed by atoms with Crippen molar-refractivity contribution in [2.24, 2.45) is 5.73 Å². The molecule has 20 heavy (non-hydrogen) atoms. The van der Waals surface area contributed by atoms with E-state index in [0.29, 0.717) is 12.2 Å². The van der Waals surface area contributed by atoms with Gasteiger partial charge in [0.15, 0.2) is 5.03 Å². The number of aryl methyl sites for hydroxylation is 1. The maximum atomic E-state index is 13.6. The largest absolute Gasteiger partial charge is 0.332 e. The molecule has 1 aromatic heterocycles. The summed E-state index contributed by atoms with van der Waals surface area (Å²) in [5, 5.41) is -0.0680. The maximum Gasteiger partial charge on any atom is 0.278 e. The normalized spacial score (nSPS) is 11.6. The first kappa shape index (κ1) is 14.5. The van der Waals surface area contributed by atoms with Gasteiger partial charge in [-0.3, -0.25) is 4.72 Å². The van der Waals surface area contributed by atoms with Crippen molar-refractivity contribution in [2.75, 3.05) is 4.72 Å². The Labute approximate surface area is 116 Å². The van der Waals surface area contributed by atoms with Crippen LogP contribution in [0, 0.1) is 5.82 Å². The maximum absolute atomic E-state index is 13.6. The Morgan fingerprint density at radius 2 is 2.20 bits per heavy atom. The standard InChI is InChI=1S/C12H15FN4O2S/c1-2-11-15-7-12(16-11)20(18,19)17-10-5-3-4-9(13)8(10)6-14/h3-5,7,17H,2,6,14H2,1H3,(H,15,16). The third-order valence-electron chi connectivity index (χ3n) is 2.80. The molecule has 2 rings (SSSR count). The van der Waals surface area contributed by atoms with Gasteiger partial charge in [0.05, 0.1) is 11.9 Å². The Morgan fingerprint density at radius 3 is 2.80 bits per heavy atom. The highest BCUT2D eigenvalue weighted by Crippen LogP contribution is 2.21. The summed E-state index contributed by atoms with van der Waals surface area (Å²) in [6.07, 6.45) is 1.81. The molecule has 0 saturated carbocycles. The zero-order valence-electron chi connectivity index (χ0n) is 10.9. The van der Waals surface area contributed by atoms with Gasteiger partial charge in [0.2, 0.25) is 0 Å². The zero-order chi connectivity index (χ0) is 14.8. The lowest BCUT2D eigenvalue weighted by atomic mass is 10.2. The summed E-state index contributed by atoms with van der Waals surface area (Å²) in [6, 6.07) is 4.10. The lowest BCUT2D eigenvalue weighted by Gasteiger charge is -2.11. The first-order valence-electron chi connectivity index (χ1n) is 6.02. The molecule has 0 aliphatic carbocycles. The van der Waals surface area contributed by atoms with Crippen LogP contribution in [0.1, 0.15) is 18.3 Å². The number of anilines is 1. The molecule has 1 aromatic carbocycles. The van der Waals surface area contributed by atoms with Gasteiger partial charge in [-0.05, 0) is 12.1 Å². The van der Waals surface area contributed by atoms with Gasteiger partial charge in [-0.15, -0.1) is 0 Å². The van der Waals surface area contributed by atoms with E-state index in [0.717, 1.165) is 0 Å². The van der Waals surface area contributed by atoms with E-state index in [2.05, 4.69) is 14.7 Å². The molecular weight excluding hydrogens is 283 g/mol. The van der Waals surface area contributed by atoms with E-state index in [9.17, 15) is 12.8 Å². The molecule has 108 valence electrons. The molecule has 0 atom stereocenters. The quantitative estimate of drug-likeness (QED) is 0.776. The van der Waals surface area contributed by atoms with Gasteiger partial charge < -0.3 is 10.7 Å². The van der Waals surface area contributed by atoms with Crippen LogP contribution in [0.15, 0.2) is 29.4 Å². The van der Waals surface area contributed by atoms with Gasteiger partial charge >= 0.3 is 0 Å². The molecule has 2 aromatic rings. The summed E-state index contributed by atoms with van der Waals surface area (Å²) in [5.41, 5.74) is 5.68. The van der Waals surface area contributed by atoms with E-state index in [4.69, 9.17) is 5.73 Å². The predicted molar refractivity (Wildman–Crippen MR) is 73.1 cm³/mol. The summed E-state index contributed by atoms with van der Waals surface area (Å²) in [4.78, 5) is 6.62. The van der Waals surface area contributed by atoms with Gasteiger partial charge in [-0.1, -0.05) is 13.0 Å². The molecule has 0 unspecified atom stereocenters. The second kappa shape index (κ2) is 5.59. The number of hydrogen-bond acceptors (Lipinski definition) is 4. The van der Waals surface area contributed by atoms with Crippen LogP contribution >= 0.6 is 0 Å². The van der Waals surface area contributed by atoms with Crippen molar-refractivity contribution in [1.29, 1.82) is 0 Å². The summed E-state index contributed by atoms with van der Waals surface area (Å²) in [7, 11) is -3.84. The third kappa shape index (κ3) is 2.81. The number of benzene rings is 1. The molecule has 0 amide bonds. The molecule has 0 spiro atoms. The number of rotatable bonds is 5. The Balaban J connectivity index is 2.35. The Bertz CT molecular complexity index is 712. The van der Waals surface area contributed by atoms with Crippen LogP contribution in [0.3, 0.4) is 0 Å². The van der Waals surface area contributed by atoms with E-state index in [1.54, 1.807) is 0 Å². The number of imidazole rings is 1. The molecule has 0 saturated heterocycles. The predicted octanol–water partition coefficient (Wildman–Crippen LogP) is 1.37. The SMILES string of the molecule is CCc1ncc(S(=O)(=O)Nc2cccc(F)c2CN)[nH]1. The van der Waals surface area contributed by atoms with Crippen molar-refractivity contribution in [1.82, 2.24) is 9.97 Å². The minimum atomic E-state index is -3.84. The fraction of sp³-hybridized carbons (Fsp3) is 0.250. The highest BCUT2D eigenvalue weighted by atomic mass is 32.2. The van der Waals surface area contributed by atoms with Crippen LogP contribution in [-0.2, 0) is 23.0 Å². The minimum Gasteiger partial charge on any atom is -0.332 e. The summed E-state index contributed by atoms with van der Waals surface area (Å²) < 4.78 is 40.2. The van der Waals surface area contributed by atoms with Gasteiger partial charge in [-0.2, -0.15) is 8.42 Å². The van der Waals surface area contributed by atoms with Crippen molar-refractivity contribution in [2.45, 2.75) is 24.9 Å². The molecule has 6 nitrogen and oxygen atoms in total. The summed E-state index contributed by atoms with van der Waals surface area (Å²) >= 11 is 0. The number of aromatic amines is 1. The van der Waals surface area contributed by atoms with Crippen molar-refractivity contribution >= 4 is 15.7 Å². The number of nitrogens with zero attached hydrogens (tertiary/aromatic N) is 1. The molecule has 0 aliphatic rings. The molecular formula is C12H15FN4O2S. The first-order valence-corrected chi connectivity index (χ1v) is 7.50. The number of sulfonamides is 1. The van der Waals surface area contributed by atoms with E-state index in [1.165, 1.54) is 24.4 Å². The third-order valence-corrected chi connectivity index (χ3v) is 4.07. The van der Waals surface area contributed by atoms with Crippen molar-refractivity contribution in [3.05, 3.63) is 41.6 Å². The summed E-state index contributed by atoms with van der Waals surface area (Å²) in [5.74, 6) is 0.00947. The Kier molecular flexibility index (Phi) is 4.05. The van der Waals surface area contributed by atoms with Crippen LogP contribution in [0.25, 0.3) is 0 Å². The minimum absolute atomic E-state index is 0.0680. The van der Waals surface area contributed by atoms with E-state index < -0.39 is 15.8 Å². The Morgan fingerprint density at radius 1 is 1.45 bits per heavy atom. The van der Waals surface area contributed by atoms with Crippen LogP contribution in [0.2, 0.25) is 0 Å². The van der Waals surface area contributed by atoms with Crippen molar-refractivity contribution in [3.63, 3.8) is 0 Å². The highest BCUT2D eigenvalue weighted by Gasteiger charge is 2.19. The van der Waals surface area contributed by atoms with E-state index in [-0.39, 0.29) is 22.8 Å². The second-order valence-electron chi connectivity index (χ2n) is 4.12. The van der Waals surface area contributed by atoms with Crippen LogP contribution < -0.4 is 10.5 Å². The highest BCUT2D eigenvalue weighted by molar-refractivity contribution is 7.92. The monoisotopic (exact) mass is 298 g/mol. The molecule has 4 N–H and O–H groups in total. The average molecular weight is 298 g/mol. The fourth-order valence-electron chi connectivity index (χ4n) is 1.72. The van der Waals surface area contributed by atoms with Crippen LogP contribution in [-0.4, -0.2) is 18.4 Å². The second-order valence-corrected chi connectivity index (χ2v) is 5.77. The van der Waals surface area contributed by atoms with Gasteiger partial charge in [0.1, 0.15) is 11.6 Å². The molecule has 0 bridgehead atoms. The van der Waals surface area contributed by atoms with Crippen molar-refractivity contribution in [3.8, 4) is 0 Å². The molecule has 8 heteroatoms. The summed E-state index contributed by atoms with van der Waals surface area (Å²) in [6.45, 7) is 1.75. The zero-order valence-corrected chi connectivity index (χ0v) is 11.7. The smallest absolute Gasteiger partial charge is 0.278 e. The van der Waals surface area contributed by atoms with Gasteiger partial charge in [-0.25, -0.2) is 9.37 Å².